The van der Waals surface area contributed by atoms with E-state index in [2.05, 4.69) is 47.8 Å². The molecule has 222 valence electrons. The molecular weight excluding hydrogens is 533 g/mol. The molecule has 0 saturated carbocycles. The Bertz CT molecular complexity index is 1200. The van der Waals surface area contributed by atoms with Crippen LogP contribution in [0.2, 0.25) is 0 Å². The van der Waals surface area contributed by atoms with Gasteiger partial charge >= 0.3 is 239 Å². The second-order valence-electron chi connectivity index (χ2n) is 11.0. The first-order valence-electron chi connectivity index (χ1n) is 14.3. The van der Waals surface area contributed by atoms with Crippen LogP contribution in [-0.2, 0) is 10.3 Å². The third kappa shape index (κ3) is 7.72. The third-order valence-corrected chi connectivity index (χ3v) is 11.8. The Balaban J connectivity index is 1.83. The van der Waals surface area contributed by atoms with Gasteiger partial charge in [-0.05, 0) is 0 Å². The predicted octanol–water partition coefficient (Wildman–Crippen LogP) is 5.91. The Labute approximate surface area is 245 Å². The van der Waals surface area contributed by atoms with Gasteiger partial charge in [0.1, 0.15) is 0 Å². The zero-order valence-electron chi connectivity index (χ0n) is 25.0. The molecule has 8 heteroatoms. The Hall–Kier alpha value is -2.82. The van der Waals surface area contributed by atoms with Crippen molar-refractivity contribution in [2.75, 3.05) is 39.2 Å². The van der Waals surface area contributed by atoms with Gasteiger partial charge in [-0.3, -0.25) is 0 Å². The van der Waals surface area contributed by atoms with Crippen LogP contribution in [0, 0.1) is 11.3 Å². The number of benzene rings is 3. The van der Waals surface area contributed by atoms with Crippen LogP contribution in [0.15, 0.2) is 84.9 Å². The van der Waals surface area contributed by atoms with Gasteiger partial charge in [-0.15, -0.1) is 0 Å². The van der Waals surface area contributed by atoms with Gasteiger partial charge in [0.25, 0.3) is 0 Å². The number of rotatable bonds is 16. The summed E-state index contributed by atoms with van der Waals surface area (Å²) in [6.45, 7) is 8.88. The summed E-state index contributed by atoms with van der Waals surface area (Å²) >= 11 is 0. The van der Waals surface area contributed by atoms with Crippen LogP contribution in [0.3, 0.4) is 0 Å². The molecule has 0 amide bonds. The zero-order chi connectivity index (χ0) is 30.0. The first-order valence-corrected chi connectivity index (χ1v) is 16.8. The van der Waals surface area contributed by atoms with Crippen molar-refractivity contribution in [1.82, 2.24) is 9.99 Å². The fourth-order valence-corrected chi connectivity index (χ4v) is 9.85. The van der Waals surface area contributed by atoms with Crippen molar-refractivity contribution in [2.24, 2.45) is 0 Å². The number of ether oxygens (including phenoxy) is 2. The van der Waals surface area contributed by atoms with Crippen molar-refractivity contribution in [3.05, 3.63) is 102 Å². The van der Waals surface area contributed by atoms with Crippen molar-refractivity contribution in [1.29, 1.82) is 5.26 Å². The molecule has 0 radical (unpaired) electrons. The number of hydrogen-bond acceptors (Lipinski definition) is 7. The van der Waals surface area contributed by atoms with Crippen molar-refractivity contribution >= 4 is 7.21 Å². The van der Waals surface area contributed by atoms with E-state index in [1.165, 1.54) is 0 Å². The molecule has 3 rings (SSSR count). The summed E-state index contributed by atoms with van der Waals surface area (Å²) in [6.07, 6.45) is 0.216. The number of nitrogens with zero attached hydrogens (tertiary/aromatic N) is 2. The van der Waals surface area contributed by atoms with Gasteiger partial charge in [-0.2, -0.15) is 0 Å². The number of hydrogen-bond donors (Lipinski definition) is 3. The van der Waals surface area contributed by atoms with Crippen LogP contribution in [-0.4, -0.2) is 65.7 Å². The van der Waals surface area contributed by atoms with E-state index in [4.69, 9.17) is 9.47 Å². The van der Waals surface area contributed by atoms with Crippen LogP contribution >= 0.6 is 7.21 Å². The second-order valence-corrected chi connectivity index (χ2v) is 15.1. The summed E-state index contributed by atoms with van der Waals surface area (Å²) in [7, 11) is -2.67. The number of methoxy groups -OCH3 is 1. The third-order valence-electron chi connectivity index (χ3n) is 7.54. The Morgan fingerprint density at radius 1 is 0.805 bits per heavy atom. The van der Waals surface area contributed by atoms with Gasteiger partial charge in [-0.1, -0.05) is 0 Å². The van der Waals surface area contributed by atoms with Gasteiger partial charge in [0, 0.05) is 0 Å². The molecule has 0 spiro atoms. The first kappa shape index (κ1) is 32.7. The molecule has 0 heterocycles. The second kappa shape index (κ2) is 14.4. The molecule has 0 saturated heterocycles. The molecule has 3 N–H and O–H groups in total. The molecule has 3 aromatic carbocycles. The van der Waals surface area contributed by atoms with E-state index in [0.717, 1.165) is 22.4 Å². The van der Waals surface area contributed by atoms with Gasteiger partial charge in [0.2, 0.25) is 0 Å². The zero-order valence-corrected chi connectivity index (χ0v) is 25.9. The standard InChI is InChI=1S/C33H46N3O4P/c1-27(2)36(28(3)4)41(37,38,25-12-21-34)26-24-40-23-22-35-33(29-13-8-6-9-14-29,30-15-10-7-11-16-30)31-17-19-32(39-5)20-18-31/h6-11,13-20,27-28,35,37-38H,12,22-26H2,1-5H3. The van der Waals surface area contributed by atoms with Crippen LogP contribution in [0.1, 0.15) is 50.8 Å². The summed E-state index contributed by atoms with van der Waals surface area (Å²) in [5.74, 6) is 0.787. The van der Waals surface area contributed by atoms with Crippen LogP contribution in [0.25, 0.3) is 0 Å². The molecule has 0 fully saturated rings. The minimum atomic E-state index is -4.33. The molecule has 0 aliphatic rings. The van der Waals surface area contributed by atoms with Gasteiger partial charge in [-0.25, -0.2) is 0 Å². The predicted molar refractivity (Wildman–Crippen MR) is 168 cm³/mol. The van der Waals surface area contributed by atoms with Crippen molar-refractivity contribution in [2.45, 2.75) is 51.7 Å². The summed E-state index contributed by atoms with van der Waals surface area (Å²) in [5, 5.41) is 13.0. The Kier molecular flexibility index (Phi) is 11.5. The van der Waals surface area contributed by atoms with E-state index >= 15 is 0 Å². The van der Waals surface area contributed by atoms with E-state index in [1.54, 1.807) is 11.8 Å². The molecule has 7 nitrogen and oxygen atoms in total. The maximum absolute atomic E-state index is 11.7. The molecule has 0 unspecified atom stereocenters. The fourth-order valence-electron chi connectivity index (χ4n) is 5.97. The quantitative estimate of drug-likeness (QED) is 0.110. The number of nitrogens with one attached hydrogen (secondary N) is 1. The van der Waals surface area contributed by atoms with E-state index in [-0.39, 0.29) is 37.4 Å². The molecule has 0 aliphatic heterocycles. The van der Waals surface area contributed by atoms with E-state index in [0.29, 0.717) is 13.2 Å². The Morgan fingerprint density at radius 3 is 1.78 bits per heavy atom. The molecule has 0 atom stereocenters. The average molecular weight is 580 g/mol. The fraction of sp³-hybridized carbons (Fsp3) is 0.424. The van der Waals surface area contributed by atoms with Crippen LogP contribution in [0.5, 0.6) is 5.75 Å². The maximum atomic E-state index is 11.7. The summed E-state index contributed by atoms with van der Waals surface area (Å²) in [6, 6.07) is 30.7. The van der Waals surface area contributed by atoms with Gasteiger partial charge in [0.15, 0.2) is 0 Å². The normalized spacial score (nSPS) is 13.2. The van der Waals surface area contributed by atoms with Crippen molar-refractivity contribution < 1.29 is 19.3 Å². The summed E-state index contributed by atoms with van der Waals surface area (Å²) in [5.41, 5.74) is 2.60. The Morgan fingerprint density at radius 2 is 1.32 bits per heavy atom. The minimum absolute atomic E-state index is 0.0443. The molecule has 0 bridgehead atoms. The topological polar surface area (TPSA) is 98.0 Å². The molecule has 0 aliphatic carbocycles. The van der Waals surface area contributed by atoms with Crippen molar-refractivity contribution in [3.63, 3.8) is 0 Å². The summed E-state index contributed by atoms with van der Waals surface area (Å²) in [4.78, 5) is 23.5. The van der Waals surface area contributed by atoms with Crippen molar-refractivity contribution in [3.8, 4) is 11.8 Å². The molecule has 41 heavy (non-hydrogen) atoms. The summed E-state index contributed by atoms with van der Waals surface area (Å²) < 4.78 is 13.3. The monoisotopic (exact) mass is 579 g/mol. The van der Waals surface area contributed by atoms with Gasteiger partial charge < -0.3 is 0 Å². The van der Waals surface area contributed by atoms with E-state index < -0.39 is 12.7 Å². The SMILES string of the molecule is COc1ccc(C(NCCOCCP(O)(O)(CCC#N)N(C(C)C)C(C)C)(c2ccccc2)c2ccccc2)cc1. The van der Waals surface area contributed by atoms with E-state index in [9.17, 15) is 15.0 Å². The molecular formula is C33H46N3O4P. The number of nitriles is 1. The molecule has 3 aromatic rings. The van der Waals surface area contributed by atoms with Gasteiger partial charge in [0.05, 0.1) is 7.11 Å². The van der Waals surface area contributed by atoms with Crippen LogP contribution in [0.4, 0.5) is 0 Å². The first-order chi connectivity index (χ1) is 19.6. The molecule has 0 aromatic heterocycles. The van der Waals surface area contributed by atoms with Crippen LogP contribution < -0.4 is 10.1 Å². The van der Waals surface area contributed by atoms with E-state index in [1.807, 2.05) is 76.2 Å². The average Bonchev–Trinajstić information content (AvgIpc) is 2.96.